The molecule has 0 saturated carbocycles. The van der Waals surface area contributed by atoms with E-state index in [2.05, 4.69) is 15.6 Å². The summed E-state index contributed by atoms with van der Waals surface area (Å²) in [6.07, 6.45) is 1.05. The number of ether oxygens (including phenoxy) is 1. The Morgan fingerprint density at radius 3 is 3.14 bits per heavy atom. The fourth-order valence-corrected chi connectivity index (χ4v) is 3.40. The highest BCUT2D eigenvalue weighted by molar-refractivity contribution is 7.99. The second-order valence-corrected chi connectivity index (χ2v) is 6.30. The summed E-state index contributed by atoms with van der Waals surface area (Å²) in [4.78, 5) is 15.5. The molecule has 1 N–H and O–H groups in total. The fourth-order valence-electron chi connectivity index (χ4n) is 2.66. The van der Waals surface area contributed by atoms with E-state index in [4.69, 9.17) is 9.84 Å². The Kier molecular flexibility index (Phi) is 4.17. The van der Waals surface area contributed by atoms with Gasteiger partial charge >= 0.3 is 5.97 Å². The molecular weight excluding hydrogens is 288 g/mol. The topological polar surface area (TPSA) is 64.3 Å². The smallest absolute Gasteiger partial charge is 0.313 e. The number of carbonyl (C=O) groups is 1. The summed E-state index contributed by atoms with van der Waals surface area (Å²) in [5, 5.41) is 9.69. The lowest BCUT2D eigenvalue weighted by Gasteiger charge is -2.12. The van der Waals surface area contributed by atoms with Gasteiger partial charge in [-0.2, -0.15) is 0 Å². The quantitative estimate of drug-likeness (QED) is 0.860. The number of hydrogen-bond donors (Lipinski definition) is 1. The zero-order valence-corrected chi connectivity index (χ0v) is 12.7. The minimum absolute atomic E-state index is 0.0313. The normalized spacial score (nSPS) is 18.4. The first-order chi connectivity index (χ1) is 10.1. The van der Waals surface area contributed by atoms with E-state index >= 15 is 0 Å². The van der Waals surface area contributed by atoms with Gasteiger partial charge in [0.05, 0.1) is 23.4 Å². The van der Waals surface area contributed by atoms with Gasteiger partial charge in [0.1, 0.15) is 0 Å². The maximum Gasteiger partial charge on any atom is 0.313 e. The minimum atomic E-state index is -0.820. The van der Waals surface area contributed by atoms with Gasteiger partial charge in [-0.15, -0.1) is 0 Å². The number of thioether (sulfide) groups is 1. The molecule has 0 amide bonds. The van der Waals surface area contributed by atoms with Crippen LogP contribution in [0.4, 0.5) is 0 Å². The van der Waals surface area contributed by atoms with Gasteiger partial charge in [0.2, 0.25) is 0 Å². The van der Waals surface area contributed by atoms with Crippen LogP contribution >= 0.6 is 11.8 Å². The number of benzene rings is 1. The highest BCUT2D eigenvalue weighted by Crippen LogP contribution is 2.28. The van der Waals surface area contributed by atoms with Gasteiger partial charge in [0, 0.05) is 19.1 Å². The fraction of sp³-hybridized carbons (Fsp3) is 0.467. The van der Waals surface area contributed by atoms with Crippen LogP contribution in [0.15, 0.2) is 23.4 Å². The van der Waals surface area contributed by atoms with E-state index < -0.39 is 5.97 Å². The van der Waals surface area contributed by atoms with Crippen molar-refractivity contribution in [2.75, 3.05) is 19.0 Å². The van der Waals surface area contributed by atoms with E-state index in [1.807, 2.05) is 19.1 Å². The molecule has 112 valence electrons. The predicted octanol–water partition coefficient (Wildman–Crippen LogP) is 2.56. The van der Waals surface area contributed by atoms with Gasteiger partial charge in [-0.3, -0.25) is 4.79 Å². The van der Waals surface area contributed by atoms with E-state index in [9.17, 15) is 4.79 Å². The number of aliphatic carboxylic acids is 1. The number of aryl methyl sites for hydroxylation is 1. The lowest BCUT2D eigenvalue weighted by molar-refractivity contribution is -0.133. The second-order valence-electron chi connectivity index (χ2n) is 5.36. The average Bonchev–Trinajstić information content (AvgIpc) is 3.07. The zero-order chi connectivity index (χ0) is 14.8. The zero-order valence-electron chi connectivity index (χ0n) is 11.9. The van der Waals surface area contributed by atoms with E-state index in [-0.39, 0.29) is 5.75 Å². The number of fused-ring (bicyclic) bond motifs is 1. The third-order valence-corrected chi connectivity index (χ3v) is 4.70. The molecule has 2 aromatic rings. The third-order valence-electron chi connectivity index (χ3n) is 3.74. The molecule has 0 aliphatic carbocycles. The Hall–Kier alpha value is -1.53. The van der Waals surface area contributed by atoms with Crippen LogP contribution in [0.1, 0.15) is 12.0 Å². The van der Waals surface area contributed by atoms with Crippen molar-refractivity contribution in [3.05, 3.63) is 23.8 Å². The van der Waals surface area contributed by atoms with Crippen LogP contribution in [-0.2, 0) is 16.1 Å². The Morgan fingerprint density at radius 2 is 2.43 bits per heavy atom. The van der Waals surface area contributed by atoms with E-state index in [0.29, 0.717) is 5.92 Å². The highest BCUT2D eigenvalue weighted by Gasteiger charge is 2.20. The Labute approximate surface area is 127 Å². The van der Waals surface area contributed by atoms with Gasteiger partial charge in [-0.25, -0.2) is 4.98 Å². The third kappa shape index (κ3) is 3.06. The first-order valence-corrected chi connectivity index (χ1v) is 8.02. The van der Waals surface area contributed by atoms with Gasteiger partial charge in [-0.1, -0.05) is 23.9 Å². The lowest BCUT2D eigenvalue weighted by Crippen LogP contribution is -2.12. The van der Waals surface area contributed by atoms with Gasteiger partial charge in [-0.05, 0) is 25.0 Å². The molecule has 1 saturated heterocycles. The van der Waals surface area contributed by atoms with Crippen LogP contribution < -0.4 is 0 Å². The first kappa shape index (κ1) is 14.4. The van der Waals surface area contributed by atoms with Crippen LogP contribution in [-0.4, -0.2) is 39.6 Å². The van der Waals surface area contributed by atoms with Crippen molar-refractivity contribution in [2.24, 2.45) is 5.92 Å². The molecule has 0 bridgehead atoms. The van der Waals surface area contributed by atoms with Crippen molar-refractivity contribution in [2.45, 2.75) is 25.0 Å². The number of aromatic nitrogens is 2. The minimum Gasteiger partial charge on any atom is -0.481 e. The first-order valence-electron chi connectivity index (χ1n) is 7.03. The molecule has 1 aliphatic rings. The number of hydrogen-bond acceptors (Lipinski definition) is 4. The molecule has 3 rings (SSSR count). The molecular formula is C15H18N2O3S. The van der Waals surface area contributed by atoms with Crippen LogP contribution in [0, 0.1) is 12.8 Å². The number of rotatable bonds is 5. The second kappa shape index (κ2) is 6.07. The van der Waals surface area contributed by atoms with Crippen molar-refractivity contribution in [1.29, 1.82) is 0 Å². The predicted molar refractivity (Wildman–Crippen MR) is 81.8 cm³/mol. The summed E-state index contributed by atoms with van der Waals surface area (Å²) >= 11 is 1.28. The largest absolute Gasteiger partial charge is 0.481 e. The van der Waals surface area contributed by atoms with Crippen molar-refractivity contribution in [3.63, 3.8) is 0 Å². The summed E-state index contributed by atoms with van der Waals surface area (Å²) < 4.78 is 7.59. The Bertz CT molecular complexity index is 662. The summed E-state index contributed by atoms with van der Waals surface area (Å²) in [7, 11) is 0. The molecule has 21 heavy (non-hydrogen) atoms. The number of nitrogens with zero attached hydrogens (tertiary/aromatic N) is 2. The highest BCUT2D eigenvalue weighted by atomic mass is 32.2. The van der Waals surface area contributed by atoms with Crippen LogP contribution in [0.2, 0.25) is 0 Å². The maximum atomic E-state index is 10.8. The van der Waals surface area contributed by atoms with E-state index in [1.165, 1.54) is 11.8 Å². The monoisotopic (exact) mass is 306 g/mol. The molecule has 1 fully saturated rings. The molecule has 1 unspecified atom stereocenters. The molecule has 1 aromatic heterocycles. The van der Waals surface area contributed by atoms with Gasteiger partial charge < -0.3 is 14.4 Å². The Balaban J connectivity index is 1.97. The van der Waals surface area contributed by atoms with Crippen LogP contribution in [0.25, 0.3) is 11.0 Å². The van der Waals surface area contributed by atoms with Gasteiger partial charge in [0.25, 0.3) is 0 Å². The summed E-state index contributed by atoms with van der Waals surface area (Å²) in [5.41, 5.74) is 3.16. The van der Waals surface area contributed by atoms with Crippen LogP contribution in [0.5, 0.6) is 0 Å². The van der Waals surface area contributed by atoms with Crippen molar-refractivity contribution in [3.8, 4) is 0 Å². The summed E-state index contributed by atoms with van der Waals surface area (Å²) in [6, 6.07) is 6.10. The molecule has 1 atom stereocenters. The summed E-state index contributed by atoms with van der Waals surface area (Å²) in [6.45, 7) is 4.45. The molecule has 0 radical (unpaired) electrons. The molecule has 1 aromatic carbocycles. The van der Waals surface area contributed by atoms with Crippen LogP contribution in [0.3, 0.4) is 0 Å². The molecule has 5 nitrogen and oxygen atoms in total. The van der Waals surface area contributed by atoms with E-state index in [0.717, 1.165) is 47.9 Å². The maximum absolute atomic E-state index is 10.8. The standard InChI is InChI=1S/C15H18N2O3S/c1-10-3-2-4-12-14(10)16-15(21-9-13(18)19)17(12)7-11-5-6-20-8-11/h2-4,11H,5-9H2,1H3,(H,18,19). The lowest BCUT2D eigenvalue weighted by atomic mass is 10.1. The van der Waals surface area contributed by atoms with Crippen molar-refractivity contribution in [1.82, 2.24) is 9.55 Å². The number of para-hydroxylation sites is 1. The molecule has 2 heterocycles. The molecule has 6 heteroatoms. The number of imidazole rings is 1. The molecule has 1 aliphatic heterocycles. The van der Waals surface area contributed by atoms with E-state index in [1.54, 1.807) is 0 Å². The number of carboxylic acid groups (broad SMARTS) is 1. The SMILES string of the molecule is Cc1cccc2c1nc(SCC(=O)O)n2CC1CCOC1. The number of carboxylic acids is 1. The molecule has 0 spiro atoms. The average molecular weight is 306 g/mol. The Morgan fingerprint density at radius 1 is 1.57 bits per heavy atom. The summed E-state index contributed by atoms with van der Waals surface area (Å²) in [5.74, 6) is -0.310. The van der Waals surface area contributed by atoms with Crippen molar-refractivity contribution < 1.29 is 14.6 Å². The van der Waals surface area contributed by atoms with Gasteiger partial charge in [0.15, 0.2) is 5.16 Å². The van der Waals surface area contributed by atoms with Crippen molar-refractivity contribution >= 4 is 28.8 Å².